The second kappa shape index (κ2) is 6.32. The summed E-state index contributed by atoms with van der Waals surface area (Å²) in [6, 6.07) is 7.72. The fraction of sp³-hybridized carbons (Fsp3) is 0.412. The van der Waals surface area contributed by atoms with E-state index in [1.807, 2.05) is 38.1 Å². The van der Waals surface area contributed by atoms with Gasteiger partial charge in [0.05, 0.1) is 11.7 Å². The van der Waals surface area contributed by atoms with Crippen LogP contribution in [0.2, 0.25) is 0 Å². The molecule has 0 aliphatic heterocycles. The third kappa shape index (κ3) is 2.76. The summed E-state index contributed by atoms with van der Waals surface area (Å²) < 4.78 is 8.20. The maximum Gasteiger partial charge on any atom is 0.330 e. The molecule has 0 N–H and O–H groups in total. The molecule has 0 saturated carbocycles. The number of rotatable bonds is 4. The van der Waals surface area contributed by atoms with E-state index in [1.54, 1.807) is 14.0 Å². The van der Waals surface area contributed by atoms with Crippen LogP contribution in [-0.4, -0.2) is 15.7 Å². The normalized spacial score (nSPS) is 12.4. The van der Waals surface area contributed by atoms with Crippen LogP contribution in [0, 0.1) is 6.92 Å². The lowest BCUT2D eigenvalue weighted by Gasteiger charge is -2.14. The molecule has 0 aliphatic rings. The molecular weight excluding hydrogens is 280 g/mol. The van der Waals surface area contributed by atoms with Gasteiger partial charge in [-0.05, 0) is 31.9 Å². The summed E-state index contributed by atoms with van der Waals surface area (Å²) in [4.78, 5) is 24.3. The van der Waals surface area contributed by atoms with Crippen LogP contribution >= 0.6 is 0 Å². The number of aromatic nitrogens is 2. The summed E-state index contributed by atoms with van der Waals surface area (Å²) in [7, 11) is 3.17. The maximum absolute atomic E-state index is 12.4. The Morgan fingerprint density at radius 1 is 1.09 bits per heavy atom. The van der Waals surface area contributed by atoms with E-state index >= 15 is 0 Å². The molecule has 0 aliphatic carbocycles. The smallest absolute Gasteiger partial charge is 0.330 e. The van der Waals surface area contributed by atoms with Gasteiger partial charge in [-0.1, -0.05) is 24.3 Å². The van der Waals surface area contributed by atoms with Gasteiger partial charge in [0.15, 0.2) is 0 Å². The van der Waals surface area contributed by atoms with Crippen molar-refractivity contribution >= 4 is 0 Å². The molecule has 2 rings (SSSR count). The van der Waals surface area contributed by atoms with Crippen molar-refractivity contribution in [1.29, 1.82) is 0 Å². The quantitative estimate of drug-likeness (QED) is 0.869. The molecule has 0 spiro atoms. The van der Waals surface area contributed by atoms with Crippen molar-refractivity contribution in [3.05, 3.63) is 56.4 Å². The van der Waals surface area contributed by atoms with Gasteiger partial charge in [0.25, 0.3) is 5.56 Å². The van der Waals surface area contributed by atoms with Crippen molar-refractivity contribution in [3.8, 4) is 11.1 Å². The standard InChI is InChI=1S/C17H22N2O3/c1-6-22-12(3)13-7-9-14(10-8-13)15-11(2)18(4)17(21)19(5)16(15)20/h7-10,12H,6H2,1-5H3/t12-/m0/s1. The summed E-state index contributed by atoms with van der Waals surface area (Å²) >= 11 is 0. The van der Waals surface area contributed by atoms with Crippen molar-refractivity contribution in [2.24, 2.45) is 14.1 Å². The van der Waals surface area contributed by atoms with Gasteiger partial charge in [0, 0.05) is 26.4 Å². The number of benzene rings is 1. The van der Waals surface area contributed by atoms with Crippen LogP contribution in [0.5, 0.6) is 0 Å². The molecule has 2 aromatic rings. The minimum atomic E-state index is -0.312. The van der Waals surface area contributed by atoms with Crippen LogP contribution in [0.4, 0.5) is 0 Å². The Hall–Kier alpha value is -2.14. The number of nitrogens with zero attached hydrogens (tertiary/aromatic N) is 2. The second-order valence-electron chi connectivity index (χ2n) is 5.39. The highest BCUT2D eigenvalue weighted by atomic mass is 16.5. The zero-order valence-electron chi connectivity index (χ0n) is 13.7. The van der Waals surface area contributed by atoms with Gasteiger partial charge < -0.3 is 9.30 Å². The van der Waals surface area contributed by atoms with E-state index in [2.05, 4.69) is 0 Å². The molecule has 1 heterocycles. The first-order valence-electron chi connectivity index (χ1n) is 7.37. The molecule has 5 heteroatoms. The Kier molecular flexibility index (Phi) is 4.66. The van der Waals surface area contributed by atoms with E-state index in [4.69, 9.17) is 4.74 Å². The predicted molar refractivity (Wildman–Crippen MR) is 87.1 cm³/mol. The van der Waals surface area contributed by atoms with E-state index in [-0.39, 0.29) is 17.4 Å². The van der Waals surface area contributed by atoms with Crippen LogP contribution in [0.1, 0.15) is 31.2 Å². The summed E-state index contributed by atoms with van der Waals surface area (Å²) in [5.41, 5.74) is 2.50. The summed E-state index contributed by atoms with van der Waals surface area (Å²) in [5, 5.41) is 0. The van der Waals surface area contributed by atoms with Gasteiger partial charge in [-0.15, -0.1) is 0 Å². The largest absolute Gasteiger partial charge is 0.374 e. The van der Waals surface area contributed by atoms with Crippen molar-refractivity contribution in [1.82, 2.24) is 9.13 Å². The zero-order chi connectivity index (χ0) is 16.4. The molecule has 22 heavy (non-hydrogen) atoms. The highest BCUT2D eigenvalue weighted by molar-refractivity contribution is 5.65. The van der Waals surface area contributed by atoms with E-state index in [0.717, 1.165) is 15.7 Å². The van der Waals surface area contributed by atoms with Gasteiger partial charge in [-0.2, -0.15) is 0 Å². The van der Waals surface area contributed by atoms with Gasteiger partial charge in [-0.3, -0.25) is 9.36 Å². The molecule has 1 aromatic carbocycles. The maximum atomic E-state index is 12.4. The van der Waals surface area contributed by atoms with Gasteiger partial charge in [-0.25, -0.2) is 4.79 Å². The fourth-order valence-corrected chi connectivity index (χ4v) is 2.54. The van der Waals surface area contributed by atoms with Crippen LogP contribution in [-0.2, 0) is 18.8 Å². The van der Waals surface area contributed by atoms with E-state index in [9.17, 15) is 9.59 Å². The Balaban J connectivity index is 2.54. The van der Waals surface area contributed by atoms with Crippen LogP contribution < -0.4 is 11.2 Å². The van der Waals surface area contributed by atoms with E-state index < -0.39 is 0 Å². The predicted octanol–water partition coefficient (Wildman–Crippen LogP) is 2.16. The van der Waals surface area contributed by atoms with Gasteiger partial charge in [0.1, 0.15) is 0 Å². The fourth-order valence-electron chi connectivity index (χ4n) is 2.54. The first-order chi connectivity index (χ1) is 10.4. The van der Waals surface area contributed by atoms with Gasteiger partial charge in [0.2, 0.25) is 0 Å². The minimum absolute atomic E-state index is 0.0168. The molecule has 118 valence electrons. The molecule has 0 amide bonds. The van der Waals surface area contributed by atoms with Crippen LogP contribution in [0.15, 0.2) is 33.9 Å². The van der Waals surface area contributed by atoms with E-state index in [0.29, 0.717) is 17.9 Å². The molecule has 0 saturated heterocycles. The SMILES string of the molecule is CCO[C@@H](C)c1ccc(-c2c(C)n(C)c(=O)n(C)c2=O)cc1. The topological polar surface area (TPSA) is 53.2 Å². The number of hydrogen-bond acceptors (Lipinski definition) is 3. The van der Waals surface area contributed by atoms with Crippen molar-refractivity contribution in [3.63, 3.8) is 0 Å². The molecule has 5 nitrogen and oxygen atoms in total. The monoisotopic (exact) mass is 302 g/mol. The lowest BCUT2D eigenvalue weighted by atomic mass is 10.0. The average Bonchev–Trinajstić information content (AvgIpc) is 2.52. The number of ether oxygens (including phenoxy) is 1. The van der Waals surface area contributed by atoms with Crippen molar-refractivity contribution in [2.45, 2.75) is 26.9 Å². The Labute approximate surface area is 129 Å². The molecule has 1 aromatic heterocycles. The average molecular weight is 302 g/mol. The molecular formula is C17H22N2O3. The van der Waals surface area contributed by atoms with Crippen molar-refractivity contribution < 1.29 is 4.74 Å². The molecule has 0 bridgehead atoms. The Morgan fingerprint density at radius 3 is 2.23 bits per heavy atom. The second-order valence-corrected chi connectivity index (χ2v) is 5.39. The lowest BCUT2D eigenvalue weighted by Crippen LogP contribution is -2.39. The Bertz CT molecular complexity index is 785. The summed E-state index contributed by atoms with van der Waals surface area (Å²) in [6.07, 6.45) is 0.0168. The van der Waals surface area contributed by atoms with E-state index in [1.165, 1.54) is 11.6 Å². The molecule has 0 unspecified atom stereocenters. The van der Waals surface area contributed by atoms with Crippen molar-refractivity contribution in [2.75, 3.05) is 6.61 Å². The number of hydrogen-bond donors (Lipinski definition) is 0. The minimum Gasteiger partial charge on any atom is -0.374 e. The van der Waals surface area contributed by atoms with Gasteiger partial charge >= 0.3 is 5.69 Å². The summed E-state index contributed by atoms with van der Waals surface area (Å²) in [6.45, 7) is 6.40. The highest BCUT2D eigenvalue weighted by Crippen LogP contribution is 2.22. The van der Waals surface area contributed by atoms with Crippen LogP contribution in [0.25, 0.3) is 11.1 Å². The third-order valence-electron chi connectivity index (χ3n) is 4.04. The molecule has 0 fully saturated rings. The molecule has 1 atom stereocenters. The zero-order valence-corrected chi connectivity index (χ0v) is 13.7. The molecule has 0 radical (unpaired) electrons. The first kappa shape index (κ1) is 16.2. The van der Waals surface area contributed by atoms with Crippen LogP contribution in [0.3, 0.4) is 0 Å². The first-order valence-corrected chi connectivity index (χ1v) is 7.37. The third-order valence-corrected chi connectivity index (χ3v) is 4.04. The lowest BCUT2D eigenvalue weighted by molar-refractivity contribution is 0.0764. The highest BCUT2D eigenvalue weighted by Gasteiger charge is 2.14. The summed E-state index contributed by atoms with van der Waals surface area (Å²) in [5.74, 6) is 0. The Morgan fingerprint density at radius 2 is 1.68 bits per heavy atom.